The summed E-state index contributed by atoms with van der Waals surface area (Å²) in [4.78, 5) is 12.5. The Morgan fingerprint density at radius 2 is 2.27 bits per heavy atom. The molecule has 1 fully saturated rings. The van der Waals surface area contributed by atoms with Gasteiger partial charge in [-0.15, -0.1) is 11.3 Å². The minimum atomic E-state index is -5.12. The second kappa shape index (κ2) is 6.01. The average Bonchev–Trinajstić information content (AvgIpc) is 2.90. The maximum absolute atomic E-state index is 13.4. The number of carbonyl (C=O) groups excluding carboxylic acids is 1. The number of rotatable bonds is 3. The van der Waals surface area contributed by atoms with Gasteiger partial charge < -0.3 is 20.5 Å². The number of thiocarbonyl (C=S) groups is 1. The summed E-state index contributed by atoms with van der Waals surface area (Å²) >= 11 is 5.89. The maximum atomic E-state index is 13.4. The van der Waals surface area contributed by atoms with Gasteiger partial charge in [-0.3, -0.25) is 4.79 Å². The molecule has 3 unspecified atom stereocenters. The average molecular weight is 354 g/mol. The van der Waals surface area contributed by atoms with Gasteiger partial charge in [-0.2, -0.15) is 13.2 Å². The van der Waals surface area contributed by atoms with Crippen LogP contribution in [0.15, 0.2) is 17.5 Å². The third-order valence-corrected chi connectivity index (χ3v) is 4.37. The number of nitrogens with one attached hydrogen (secondary N) is 2. The minimum absolute atomic E-state index is 0.106. The lowest BCUT2D eigenvalue weighted by atomic mass is 9.85. The van der Waals surface area contributed by atoms with Gasteiger partial charge in [0.1, 0.15) is 5.92 Å². The van der Waals surface area contributed by atoms with Crippen molar-refractivity contribution in [1.82, 2.24) is 10.6 Å². The monoisotopic (exact) mass is 354 g/mol. The maximum Gasteiger partial charge on any atom is 0.437 e. The molecule has 0 radical (unpaired) electrons. The molecule has 1 aromatic rings. The number of aliphatic hydroxyl groups is 1. The number of esters is 1. The van der Waals surface area contributed by atoms with E-state index >= 15 is 0 Å². The van der Waals surface area contributed by atoms with E-state index in [1.807, 2.05) is 0 Å². The van der Waals surface area contributed by atoms with Gasteiger partial charge >= 0.3 is 12.1 Å². The molecule has 5 nitrogen and oxygen atoms in total. The van der Waals surface area contributed by atoms with Crippen LogP contribution in [0.3, 0.4) is 0 Å². The van der Waals surface area contributed by atoms with Crippen molar-refractivity contribution in [1.29, 1.82) is 0 Å². The molecule has 0 bridgehead atoms. The molecule has 1 aromatic heterocycles. The van der Waals surface area contributed by atoms with Gasteiger partial charge in [0, 0.05) is 4.88 Å². The molecule has 3 atom stereocenters. The molecule has 1 aliphatic rings. The van der Waals surface area contributed by atoms with Crippen LogP contribution in [0.2, 0.25) is 0 Å². The Morgan fingerprint density at radius 1 is 1.59 bits per heavy atom. The normalized spacial score (nSPS) is 28.7. The number of hydrogen-bond acceptors (Lipinski definition) is 5. The zero-order valence-electron chi connectivity index (χ0n) is 11.3. The van der Waals surface area contributed by atoms with Crippen molar-refractivity contribution in [2.24, 2.45) is 5.92 Å². The van der Waals surface area contributed by atoms with E-state index in [0.29, 0.717) is 4.88 Å². The van der Waals surface area contributed by atoms with Gasteiger partial charge in [0.05, 0.1) is 12.6 Å². The largest absolute Gasteiger partial charge is 0.466 e. The van der Waals surface area contributed by atoms with E-state index < -0.39 is 34.9 Å². The molecule has 0 saturated carbocycles. The van der Waals surface area contributed by atoms with Gasteiger partial charge in [0.15, 0.2) is 5.11 Å². The Bertz CT molecular complexity index is 564. The van der Waals surface area contributed by atoms with Crippen LogP contribution in [0.25, 0.3) is 0 Å². The molecule has 122 valence electrons. The molecule has 0 aliphatic carbocycles. The molecule has 2 rings (SSSR count). The Hall–Kier alpha value is -1.39. The van der Waals surface area contributed by atoms with Crippen LogP contribution in [0.1, 0.15) is 17.8 Å². The molecule has 10 heteroatoms. The highest BCUT2D eigenvalue weighted by molar-refractivity contribution is 7.80. The summed E-state index contributed by atoms with van der Waals surface area (Å²) in [5.41, 5.74) is -3.50. The zero-order valence-corrected chi connectivity index (χ0v) is 12.9. The molecular weight excluding hydrogens is 341 g/mol. The van der Waals surface area contributed by atoms with Gasteiger partial charge in [-0.1, -0.05) is 6.07 Å². The van der Waals surface area contributed by atoms with Crippen molar-refractivity contribution in [3.8, 4) is 0 Å². The smallest absolute Gasteiger partial charge is 0.437 e. The molecule has 22 heavy (non-hydrogen) atoms. The standard InChI is InChI=1S/C12H13F3N2O3S2/c1-2-20-9(18)7-8(6-4-3-5-22-6)16-10(21)17-11(7,19)12(13,14)15/h3-5,7-8,19H,2H2,1H3,(H2,16,17,21). The summed E-state index contributed by atoms with van der Waals surface area (Å²) < 4.78 is 44.8. The Morgan fingerprint density at radius 3 is 2.77 bits per heavy atom. The molecule has 0 spiro atoms. The number of hydrogen-bond donors (Lipinski definition) is 3. The van der Waals surface area contributed by atoms with E-state index in [0.717, 1.165) is 11.3 Å². The highest BCUT2D eigenvalue weighted by atomic mass is 32.1. The van der Waals surface area contributed by atoms with E-state index in [4.69, 9.17) is 17.0 Å². The van der Waals surface area contributed by atoms with E-state index in [1.54, 1.807) is 22.8 Å². The molecular formula is C12H13F3N2O3S2. The molecule has 1 saturated heterocycles. The van der Waals surface area contributed by atoms with Crippen molar-refractivity contribution in [2.45, 2.75) is 24.9 Å². The number of ether oxygens (including phenoxy) is 1. The molecule has 3 N–H and O–H groups in total. The summed E-state index contributed by atoms with van der Waals surface area (Å²) in [6.45, 7) is 1.36. The minimum Gasteiger partial charge on any atom is -0.466 e. The number of carbonyl (C=O) groups is 1. The molecule has 0 amide bonds. The highest BCUT2D eigenvalue weighted by Gasteiger charge is 2.66. The summed E-state index contributed by atoms with van der Waals surface area (Å²) in [5, 5.41) is 15.8. The molecule has 1 aliphatic heterocycles. The van der Waals surface area contributed by atoms with Crippen molar-refractivity contribution in [2.75, 3.05) is 6.61 Å². The van der Waals surface area contributed by atoms with Crippen LogP contribution in [0.4, 0.5) is 13.2 Å². The summed E-state index contributed by atoms with van der Waals surface area (Å²) in [5.74, 6) is -3.10. The third-order valence-electron chi connectivity index (χ3n) is 3.20. The van der Waals surface area contributed by atoms with E-state index in [1.165, 1.54) is 6.92 Å². The lowest BCUT2D eigenvalue weighted by Gasteiger charge is -2.45. The van der Waals surface area contributed by atoms with Gasteiger partial charge in [0.25, 0.3) is 5.72 Å². The lowest BCUT2D eigenvalue weighted by Crippen LogP contribution is -2.72. The second-order valence-electron chi connectivity index (χ2n) is 4.59. The predicted octanol–water partition coefficient (Wildman–Crippen LogP) is 1.70. The first-order valence-corrected chi connectivity index (χ1v) is 7.57. The SMILES string of the molecule is CCOC(=O)C1C(c2cccs2)NC(=S)NC1(O)C(F)(F)F. The van der Waals surface area contributed by atoms with E-state index in [9.17, 15) is 23.1 Å². The van der Waals surface area contributed by atoms with Gasteiger partial charge in [-0.05, 0) is 30.6 Å². The Balaban J connectivity index is 2.51. The quantitative estimate of drug-likeness (QED) is 0.567. The van der Waals surface area contributed by atoms with Crippen LogP contribution >= 0.6 is 23.6 Å². The number of thiophene rings is 1. The Labute approximate surface area is 133 Å². The number of halogens is 3. The first-order valence-electron chi connectivity index (χ1n) is 6.28. The van der Waals surface area contributed by atoms with Crippen LogP contribution in [-0.2, 0) is 9.53 Å². The fraction of sp³-hybridized carbons (Fsp3) is 0.500. The van der Waals surface area contributed by atoms with E-state index in [2.05, 4.69) is 5.32 Å². The van der Waals surface area contributed by atoms with Crippen LogP contribution in [0.5, 0.6) is 0 Å². The highest BCUT2D eigenvalue weighted by Crippen LogP contribution is 2.43. The van der Waals surface area contributed by atoms with E-state index in [-0.39, 0.29) is 6.61 Å². The first kappa shape index (κ1) is 17.0. The van der Waals surface area contributed by atoms with Gasteiger partial charge in [0.2, 0.25) is 0 Å². The third kappa shape index (κ3) is 2.90. The van der Waals surface area contributed by atoms with Crippen LogP contribution in [-0.4, -0.2) is 34.7 Å². The van der Waals surface area contributed by atoms with Gasteiger partial charge in [-0.25, -0.2) is 0 Å². The van der Waals surface area contributed by atoms with Crippen molar-refractivity contribution in [3.05, 3.63) is 22.4 Å². The number of alkyl halides is 3. The molecule has 0 aromatic carbocycles. The summed E-state index contributed by atoms with van der Waals surface area (Å²) in [6, 6.07) is 2.04. The van der Waals surface area contributed by atoms with Crippen molar-refractivity contribution >= 4 is 34.6 Å². The van der Waals surface area contributed by atoms with Crippen molar-refractivity contribution < 1.29 is 27.8 Å². The summed E-state index contributed by atoms with van der Waals surface area (Å²) in [6.07, 6.45) is -5.12. The fourth-order valence-corrected chi connectivity index (χ4v) is 3.34. The predicted molar refractivity (Wildman–Crippen MR) is 77.1 cm³/mol. The Kier molecular flexibility index (Phi) is 4.64. The first-order chi connectivity index (χ1) is 10.2. The van der Waals surface area contributed by atoms with Crippen LogP contribution in [0, 0.1) is 5.92 Å². The molecule has 2 heterocycles. The topological polar surface area (TPSA) is 70.6 Å². The lowest BCUT2D eigenvalue weighted by molar-refractivity contribution is -0.292. The second-order valence-corrected chi connectivity index (χ2v) is 5.97. The summed E-state index contributed by atoms with van der Waals surface area (Å²) in [7, 11) is 0. The van der Waals surface area contributed by atoms with Crippen LogP contribution < -0.4 is 10.6 Å². The zero-order chi connectivity index (χ0) is 16.5. The fourth-order valence-electron chi connectivity index (χ4n) is 2.24. The van der Waals surface area contributed by atoms with Crippen molar-refractivity contribution in [3.63, 3.8) is 0 Å².